The highest BCUT2D eigenvalue weighted by atomic mass is 16.6. The number of benzene rings is 2. The van der Waals surface area contributed by atoms with Gasteiger partial charge in [-0.1, -0.05) is 37.3 Å². The van der Waals surface area contributed by atoms with Gasteiger partial charge in [-0.05, 0) is 30.5 Å². The largest absolute Gasteiger partial charge is 0.488 e. The zero-order valence-corrected chi connectivity index (χ0v) is 16.5. The molecule has 1 aliphatic heterocycles. The number of ether oxygens (including phenoxy) is 2. The molecular formula is C22H26N2O4. The van der Waals surface area contributed by atoms with Crippen LogP contribution in [0.5, 0.6) is 5.75 Å². The monoisotopic (exact) mass is 382 g/mol. The molecule has 0 aliphatic carbocycles. The Balaban J connectivity index is 1.78. The number of carbonyl (C=O) groups excluding carboxylic acids is 2. The van der Waals surface area contributed by atoms with Crippen LogP contribution in [0.15, 0.2) is 42.5 Å². The second-order valence-electron chi connectivity index (χ2n) is 7.02. The maximum atomic E-state index is 12.7. The third-order valence-electron chi connectivity index (χ3n) is 4.72. The topological polar surface area (TPSA) is 67.9 Å². The van der Waals surface area contributed by atoms with Gasteiger partial charge in [0.1, 0.15) is 18.5 Å². The number of nitrogens with one attached hydrogen (secondary N) is 1. The minimum atomic E-state index is -0.359. The number of hydrogen-bond donors (Lipinski definition) is 1. The lowest BCUT2D eigenvalue weighted by Crippen LogP contribution is -2.37. The predicted octanol–water partition coefficient (Wildman–Crippen LogP) is 4.26. The van der Waals surface area contributed by atoms with Crippen LogP contribution in [-0.4, -0.2) is 29.5 Å². The summed E-state index contributed by atoms with van der Waals surface area (Å²) >= 11 is 0. The first-order chi connectivity index (χ1) is 13.5. The van der Waals surface area contributed by atoms with Crippen molar-refractivity contribution >= 4 is 17.7 Å². The van der Waals surface area contributed by atoms with Crippen molar-refractivity contribution < 1.29 is 19.1 Å². The molecule has 6 heteroatoms. The molecule has 0 saturated heterocycles. The first-order valence-corrected chi connectivity index (χ1v) is 9.49. The fourth-order valence-electron chi connectivity index (χ4n) is 3.20. The molecule has 1 aliphatic rings. The SMILES string of the molecule is CC[C@@H]1CN(C(=O)OCc2ccccc2)Cc2cc(C)c(NC(C)=O)cc2O1. The van der Waals surface area contributed by atoms with E-state index in [9.17, 15) is 9.59 Å². The zero-order valence-electron chi connectivity index (χ0n) is 16.5. The van der Waals surface area contributed by atoms with Crippen LogP contribution in [0.25, 0.3) is 0 Å². The third kappa shape index (κ3) is 4.82. The summed E-state index contributed by atoms with van der Waals surface area (Å²) in [7, 11) is 0. The number of nitrogens with zero attached hydrogens (tertiary/aromatic N) is 1. The van der Waals surface area contributed by atoms with E-state index >= 15 is 0 Å². The Bertz CT molecular complexity index is 851. The standard InChI is InChI=1S/C22H26N2O4/c1-4-19-13-24(22(26)27-14-17-8-6-5-7-9-17)12-18-10-15(2)20(23-16(3)25)11-21(18)28-19/h5-11,19H,4,12-14H2,1-3H3,(H,23,25)/t19-/m1/s1. The smallest absolute Gasteiger partial charge is 0.410 e. The lowest BCUT2D eigenvalue weighted by Gasteiger charge is -2.22. The number of aryl methyl sites for hydroxylation is 1. The third-order valence-corrected chi connectivity index (χ3v) is 4.72. The van der Waals surface area contributed by atoms with E-state index in [2.05, 4.69) is 5.32 Å². The number of fused-ring (bicyclic) bond motifs is 1. The van der Waals surface area contributed by atoms with Crippen LogP contribution in [-0.2, 0) is 22.7 Å². The second-order valence-corrected chi connectivity index (χ2v) is 7.02. The van der Waals surface area contributed by atoms with Gasteiger partial charge >= 0.3 is 6.09 Å². The summed E-state index contributed by atoms with van der Waals surface area (Å²) in [5.41, 5.74) is 3.50. The van der Waals surface area contributed by atoms with Crippen molar-refractivity contribution in [3.05, 3.63) is 59.2 Å². The first-order valence-electron chi connectivity index (χ1n) is 9.49. The highest BCUT2D eigenvalue weighted by Crippen LogP contribution is 2.32. The molecular weight excluding hydrogens is 356 g/mol. The number of carbonyl (C=O) groups is 2. The molecule has 1 heterocycles. The van der Waals surface area contributed by atoms with Gasteiger partial charge in [0.2, 0.25) is 5.91 Å². The number of hydrogen-bond acceptors (Lipinski definition) is 4. The maximum Gasteiger partial charge on any atom is 0.410 e. The van der Waals surface area contributed by atoms with Crippen LogP contribution >= 0.6 is 0 Å². The molecule has 0 unspecified atom stereocenters. The van der Waals surface area contributed by atoms with E-state index in [0.29, 0.717) is 18.8 Å². The Hall–Kier alpha value is -3.02. The summed E-state index contributed by atoms with van der Waals surface area (Å²) in [6.07, 6.45) is 0.256. The normalized spacial score (nSPS) is 15.8. The molecule has 0 bridgehead atoms. The van der Waals surface area contributed by atoms with Crippen molar-refractivity contribution in [3.63, 3.8) is 0 Å². The average molecular weight is 382 g/mol. The second kappa shape index (κ2) is 8.78. The minimum Gasteiger partial charge on any atom is -0.488 e. The van der Waals surface area contributed by atoms with Gasteiger partial charge in [-0.15, -0.1) is 0 Å². The van der Waals surface area contributed by atoms with Gasteiger partial charge in [0.15, 0.2) is 0 Å². The van der Waals surface area contributed by atoms with Gasteiger partial charge in [-0.25, -0.2) is 4.79 Å². The van der Waals surface area contributed by atoms with Gasteiger partial charge in [0.25, 0.3) is 0 Å². The lowest BCUT2D eigenvalue weighted by molar-refractivity contribution is -0.114. The molecule has 2 aromatic rings. The van der Waals surface area contributed by atoms with E-state index in [-0.39, 0.29) is 24.7 Å². The maximum absolute atomic E-state index is 12.7. The highest BCUT2D eigenvalue weighted by molar-refractivity contribution is 5.90. The molecule has 0 saturated carbocycles. The Labute approximate surface area is 165 Å². The van der Waals surface area contributed by atoms with E-state index in [1.807, 2.05) is 56.3 Å². The van der Waals surface area contributed by atoms with Crippen LogP contribution < -0.4 is 10.1 Å². The predicted molar refractivity (Wildman–Crippen MR) is 107 cm³/mol. The minimum absolute atomic E-state index is 0.130. The molecule has 0 aromatic heterocycles. The fourth-order valence-corrected chi connectivity index (χ4v) is 3.20. The molecule has 1 atom stereocenters. The Morgan fingerprint density at radius 2 is 2.00 bits per heavy atom. The molecule has 148 valence electrons. The molecule has 28 heavy (non-hydrogen) atoms. The van der Waals surface area contributed by atoms with E-state index < -0.39 is 0 Å². The van der Waals surface area contributed by atoms with Crippen molar-refractivity contribution in [3.8, 4) is 5.75 Å². The van der Waals surface area contributed by atoms with Crippen molar-refractivity contribution in [2.24, 2.45) is 0 Å². The van der Waals surface area contributed by atoms with Crippen LogP contribution in [0, 0.1) is 6.92 Å². The van der Waals surface area contributed by atoms with Crippen molar-refractivity contribution in [2.75, 3.05) is 11.9 Å². The van der Waals surface area contributed by atoms with E-state index in [4.69, 9.17) is 9.47 Å². The molecule has 3 rings (SSSR count). The van der Waals surface area contributed by atoms with Gasteiger partial charge in [-0.3, -0.25) is 4.79 Å². The fraction of sp³-hybridized carbons (Fsp3) is 0.364. The number of rotatable bonds is 4. The van der Waals surface area contributed by atoms with Crippen LogP contribution in [0.3, 0.4) is 0 Å². The van der Waals surface area contributed by atoms with E-state index in [1.54, 1.807) is 4.90 Å². The van der Waals surface area contributed by atoms with Crippen molar-refractivity contribution in [1.82, 2.24) is 4.90 Å². The van der Waals surface area contributed by atoms with Crippen LogP contribution in [0.1, 0.15) is 37.0 Å². The summed E-state index contributed by atoms with van der Waals surface area (Å²) in [4.78, 5) is 25.8. The van der Waals surface area contributed by atoms with Gasteiger partial charge in [-0.2, -0.15) is 0 Å². The quantitative estimate of drug-likeness (QED) is 0.858. The molecule has 6 nitrogen and oxygen atoms in total. The number of amides is 2. The molecule has 1 N–H and O–H groups in total. The van der Waals surface area contributed by atoms with Gasteiger partial charge in [0.05, 0.1) is 13.1 Å². The van der Waals surface area contributed by atoms with E-state index in [0.717, 1.165) is 28.8 Å². The van der Waals surface area contributed by atoms with Crippen LogP contribution in [0.4, 0.5) is 10.5 Å². The summed E-state index contributed by atoms with van der Waals surface area (Å²) in [5.74, 6) is 0.564. The van der Waals surface area contributed by atoms with Crippen molar-refractivity contribution in [2.45, 2.75) is 46.4 Å². The highest BCUT2D eigenvalue weighted by Gasteiger charge is 2.27. The Morgan fingerprint density at radius 3 is 2.68 bits per heavy atom. The Morgan fingerprint density at radius 1 is 1.25 bits per heavy atom. The first kappa shape index (κ1) is 19.7. The lowest BCUT2D eigenvalue weighted by atomic mass is 10.1. The molecule has 0 radical (unpaired) electrons. The number of anilines is 1. The summed E-state index contributed by atoms with van der Waals surface area (Å²) in [6.45, 7) is 6.51. The molecule has 0 fully saturated rings. The van der Waals surface area contributed by atoms with Crippen molar-refractivity contribution in [1.29, 1.82) is 0 Å². The Kier molecular flexibility index (Phi) is 6.19. The summed E-state index contributed by atoms with van der Waals surface area (Å²) in [6, 6.07) is 13.4. The van der Waals surface area contributed by atoms with Gasteiger partial charge in [0, 0.05) is 24.2 Å². The molecule has 2 aromatic carbocycles. The van der Waals surface area contributed by atoms with Crippen LogP contribution in [0.2, 0.25) is 0 Å². The average Bonchev–Trinajstić information content (AvgIpc) is 2.86. The van der Waals surface area contributed by atoms with Gasteiger partial charge < -0.3 is 19.7 Å². The summed E-state index contributed by atoms with van der Waals surface area (Å²) in [5, 5.41) is 2.82. The summed E-state index contributed by atoms with van der Waals surface area (Å²) < 4.78 is 11.6. The van der Waals surface area contributed by atoms with E-state index in [1.165, 1.54) is 6.92 Å². The molecule has 2 amide bonds. The molecule has 0 spiro atoms. The zero-order chi connectivity index (χ0) is 20.1.